The van der Waals surface area contributed by atoms with Gasteiger partial charge in [0.1, 0.15) is 4.88 Å². The number of nitrogens with one attached hydrogen (secondary N) is 1. The molecule has 9 heteroatoms. The Bertz CT molecular complexity index is 543. The van der Waals surface area contributed by atoms with Crippen molar-refractivity contribution in [3.63, 3.8) is 0 Å². The van der Waals surface area contributed by atoms with Gasteiger partial charge in [-0.25, -0.2) is 14.6 Å². The van der Waals surface area contributed by atoms with E-state index in [1.165, 1.54) is 0 Å². The number of amides is 3. The highest BCUT2D eigenvalue weighted by Gasteiger charge is 2.26. The number of nitrogens with zero attached hydrogens (tertiary/aromatic N) is 2. The first-order chi connectivity index (χ1) is 8.99. The minimum atomic E-state index is -1.02. The second kappa shape index (κ2) is 5.57. The number of hydrogen-bond donors (Lipinski definition) is 2. The molecule has 102 valence electrons. The van der Waals surface area contributed by atoms with Gasteiger partial charge in [-0.1, -0.05) is 11.8 Å². The molecule has 3 amide bonds. The number of thioether (sulfide) groups is 1. The SMILES string of the molecule is Cc1nc(SCC(=O)N2CCNC2=O)sc1C(=O)O. The molecule has 0 bridgehead atoms. The molecule has 0 aliphatic carbocycles. The molecule has 1 fully saturated rings. The van der Waals surface area contributed by atoms with Crippen molar-refractivity contribution in [3.8, 4) is 0 Å². The number of hydrogen-bond acceptors (Lipinski definition) is 6. The van der Waals surface area contributed by atoms with Crippen molar-refractivity contribution >= 4 is 41.0 Å². The van der Waals surface area contributed by atoms with E-state index in [1.807, 2.05) is 0 Å². The van der Waals surface area contributed by atoms with Gasteiger partial charge in [0.05, 0.1) is 11.4 Å². The third-order valence-corrected chi connectivity index (χ3v) is 4.72. The van der Waals surface area contributed by atoms with E-state index >= 15 is 0 Å². The van der Waals surface area contributed by atoms with E-state index in [0.717, 1.165) is 28.0 Å². The lowest BCUT2D eigenvalue weighted by Crippen LogP contribution is -2.35. The number of imide groups is 1. The van der Waals surface area contributed by atoms with Crippen molar-refractivity contribution in [1.29, 1.82) is 0 Å². The largest absolute Gasteiger partial charge is 0.477 e. The van der Waals surface area contributed by atoms with Crippen LogP contribution < -0.4 is 5.32 Å². The Balaban J connectivity index is 1.95. The molecular weight excluding hydrogens is 290 g/mol. The Kier molecular flexibility index (Phi) is 4.05. The fraction of sp³-hybridized carbons (Fsp3) is 0.400. The van der Waals surface area contributed by atoms with E-state index in [9.17, 15) is 14.4 Å². The summed E-state index contributed by atoms with van der Waals surface area (Å²) in [7, 11) is 0. The number of rotatable bonds is 4. The first-order valence-electron chi connectivity index (χ1n) is 5.40. The van der Waals surface area contributed by atoms with Crippen LogP contribution in [0.3, 0.4) is 0 Å². The molecule has 1 saturated heterocycles. The molecule has 1 aliphatic rings. The number of carbonyl (C=O) groups excluding carboxylic acids is 2. The summed E-state index contributed by atoms with van der Waals surface area (Å²) in [5.74, 6) is -1.25. The van der Waals surface area contributed by atoms with Crippen LogP contribution in [0.25, 0.3) is 0 Å². The second-order valence-electron chi connectivity index (χ2n) is 3.77. The lowest BCUT2D eigenvalue weighted by molar-refractivity contribution is -0.124. The molecule has 1 aromatic rings. The van der Waals surface area contributed by atoms with Crippen molar-refractivity contribution in [2.75, 3.05) is 18.8 Å². The molecular formula is C10H11N3O4S2. The molecule has 1 aromatic heterocycles. The summed E-state index contributed by atoms with van der Waals surface area (Å²) < 4.78 is 0.517. The third-order valence-electron chi connectivity index (χ3n) is 2.45. The van der Waals surface area contributed by atoms with Crippen LogP contribution in [-0.4, -0.2) is 51.7 Å². The summed E-state index contributed by atoms with van der Waals surface area (Å²) in [4.78, 5) is 39.3. The molecule has 0 atom stereocenters. The Morgan fingerprint density at radius 2 is 2.32 bits per heavy atom. The van der Waals surface area contributed by atoms with Gasteiger partial charge in [-0.2, -0.15) is 0 Å². The summed E-state index contributed by atoms with van der Waals surface area (Å²) in [6.45, 7) is 2.45. The second-order valence-corrected chi connectivity index (χ2v) is 5.99. The zero-order valence-electron chi connectivity index (χ0n) is 10.0. The van der Waals surface area contributed by atoms with E-state index < -0.39 is 5.97 Å². The van der Waals surface area contributed by atoms with E-state index in [1.54, 1.807) is 6.92 Å². The molecule has 0 radical (unpaired) electrons. The van der Waals surface area contributed by atoms with Crippen LogP contribution in [-0.2, 0) is 4.79 Å². The maximum absolute atomic E-state index is 11.8. The molecule has 19 heavy (non-hydrogen) atoms. The molecule has 0 aromatic carbocycles. The Morgan fingerprint density at radius 1 is 1.58 bits per heavy atom. The van der Waals surface area contributed by atoms with Gasteiger partial charge in [-0.15, -0.1) is 11.3 Å². The first kappa shape index (κ1) is 13.8. The monoisotopic (exact) mass is 301 g/mol. The minimum Gasteiger partial charge on any atom is -0.477 e. The van der Waals surface area contributed by atoms with Crippen molar-refractivity contribution in [1.82, 2.24) is 15.2 Å². The van der Waals surface area contributed by atoms with Crippen LogP contribution >= 0.6 is 23.1 Å². The average Bonchev–Trinajstić information content (AvgIpc) is 2.92. The smallest absolute Gasteiger partial charge is 0.347 e. The van der Waals surface area contributed by atoms with Crippen LogP contribution in [0.15, 0.2) is 4.34 Å². The van der Waals surface area contributed by atoms with Crippen LogP contribution in [0.5, 0.6) is 0 Å². The molecule has 0 spiro atoms. The van der Waals surface area contributed by atoms with Crippen LogP contribution in [0.2, 0.25) is 0 Å². The Morgan fingerprint density at radius 3 is 2.84 bits per heavy atom. The number of aromatic carboxylic acids is 1. The summed E-state index contributed by atoms with van der Waals surface area (Å²) in [6.07, 6.45) is 0. The number of carboxylic acid groups (broad SMARTS) is 1. The molecule has 0 unspecified atom stereocenters. The van der Waals surface area contributed by atoms with Crippen molar-refractivity contribution in [3.05, 3.63) is 10.6 Å². The normalized spacial score (nSPS) is 14.6. The lowest BCUT2D eigenvalue weighted by Gasteiger charge is -2.10. The van der Waals surface area contributed by atoms with Gasteiger partial charge < -0.3 is 10.4 Å². The van der Waals surface area contributed by atoms with Crippen molar-refractivity contribution in [2.24, 2.45) is 0 Å². The number of aromatic nitrogens is 1. The molecule has 7 nitrogen and oxygen atoms in total. The number of aryl methyl sites for hydroxylation is 1. The highest BCUT2D eigenvalue weighted by atomic mass is 32.2. The number of carboxylic acids is 1. The first-order valence-corrected chi connectivity index (χ1v) is 7.21. The van der Waals surface area contributed by atoms with Gasteiger partial charge in [0.25, 0.3) is 0 Å². The van der Waals surface area contributed by atoms with Gasteiger partial charge in [0.15, 0.2) is 4.34 Å². The van der Waals surface area contributed by atoms with Crippen LogP contribution in [0.1, 0.15) is 15.4 Å². The van der Waals surface area contributed by atoms with Gasteiger partial charge in [0.2, 0.25) is 5.91 Å². The standard InChI is InChI=1S/C10H11N3O4S2/c1-5-7(8(15)16)19-10(12-5)18-4-6(14)13-3-2-11-9(13)17/h2-4H2,1H3,(H,11,17)(H,15,16). The highest BCUT2D eigenvalue weighted by Crippen LogP contribution is 2.27. The maximum Gasteiger partial charge on any atom is 0.347 e. The average molecular weight is 301 g/mol. The number of thiazole rings is 1. The third kappa shape index (κ3) is 3.04. The molecule has 2 rings (SSSR count). The van der Waals surface area contributed by atoms with Crippen LogP contribution in [0.4, 0.5) is 4.79 Å². The van der Waals surface area contributed by atoms with Crippen molar-refractivity contribution in [2.45, 2.75) is 11.3 Å². The van der Waals surface area contributed by atoms with E-state index in [2.05, 4.69) is 10.3 Å². The van der Waals surface area contributed by atoms with E-state index in [0.29, 0.717) is 23.1 Å². The topological polar surface area (TPSA) is 99.6 Å². The zero-order valence-corrected chi connectivity index (χ0v) is 11.6. The zero-order chi connectivity index (χ0) is 14.0. The minimum absolute atomic E-state index is 0.0689. The van der Waals surface area contributed by atoms with Crippen LogP contribution in [0, 0.1) is 6.92 Å². The van der Waals surface area contributed by atoms with Gasteiger partial charge in [-0.3, -0.25) is 9.69 Å². The summed E-state index contributed by atoms with van der Waals surface area (Å²) >= 11 is 2.18. The molecule has 0 saturated carbocycles. The van der Waals surface area contributed by atoms with Crippen molar-refractivity contribution < 1.29 is 19.5 Å². The Hall–Kier alpha value is -1.61. The van der Waals surface area contributed by atoms with E-state index in [4.69, 9.17) is 5.11 Å². The quantitative estimate of drug-likeness (QED) is 0.798. The molecule has 1 aliphatic heterocycles. The molecule has 2 heterocycles. The lowest BCUT2D eigenvalue weighted by atomic mass is 10.4. The summed E-state index contributed by atoms with van der Waals surface area (Å²) in [5, 5.41) is 11.4. The predicted octanol–water partition coefficient (Wildman–Crippen LogP) is 0.794. The number of carbonyl (C=O) groups is 3. The predicted molar refractivity (Wildman–Crippen MR) is 69.6 cm³/mol. The fourth-order valence-corrected chi connectivity index (χ4v) is 3.45. The van der Waals surface area contributed by atoms with Gasteiger partial charge in [-0.05, 0) is 6.92 Å². The Labute approximate surface area is 117 Å². The highest BCUT2D eigenvalue weighted by molar-refractivity contribution is 8.01. The van der Waals surface area contributed by atoms with Gasteiger partial charge in [0, 0.05) is 13.1 Å². The summed E-state index contributed by atoms with van der Waals surface area (Å²) in [6, 6.07) is -0.382. The van der Waals surface area contributed by atoms with E-state index in [-0.39, 0.29) is 22.6 Å². The summed E-state index contributed by atoms with van der Waals surface area (Å²) in [5.41, 5.74) is 0.436. The maximum atomic E-state index is 11.8. The fourth-order valence-electron chi connectivity index (χ4n) is 1.54. The number of urea groups is 1. The van der Waals surface area contributed by atoms with Gasteiger partial charge >= 0.3 is 12.0 Å². The molecule has 2 N–H and O–H groups in total.